The summed E-state index contributed by atoms with van der Waals surface area (Å²) in [4.78, 5) is 18.7. The second kappa shape index (κ2) is 7.05. The van der Waals surface area contributed by atoms with Crippen molar-refractivity contribution >= 4 is 28.4 Å². The lowest BCUT2D eigenvalue weighted by atomic mass is 9.91. The van der Waals surface area contributed by atoms with Crippen molar-refractivity contribution in [2.45, 2.75) is 12.5 Å². The van der Waals surface area contributed by atoms with Crippen LogP contribution >= 0.6 is 11.6 Å². The minimum atomic E-state index is -0.415. The van der Waals surface area contributed by atoms with Crippen LogP contribution in [-0.2, 0) is 6.42 Å². The highest BCUT2D eigenvalue weighted by Crippen LogP contribution is 2.39. The van der Waals surface area contributed by atoms with Gasteiger partial charge in [-0.1, -0.05) is 48.0 Å². The Balaban J connectivity index is 1.66. The number of carbonyl (C=O) groups is 1. The molecule has 0 bridgehead atoms. The second-order valence-corrected chi connectivity index (χ2v) is 7.71. The first-order valence-electron chi connectivity index (χ1n) is 9.53. The van der Waals surface area contributed by atoms with Gasteiger partial charge in [-0.25, -0.2) is 4.39 Å². The van der Waals surface area contributed by atoms with Crippen molar-refractivity contribution < 1.29 is 9.18 Å². The number of carbonyl (C=O) groups excluding carboxylic acids is 1. The van der Waals surface area contributed by atoms with Gasteiger partial charge in [-0.05, 0) is 53.9 Å². The molecule has 1 N–H and O–H groups in total. The number of aromatic nitrogens is 1. The van der Waals surface area contributed by atoms with Crippen LogP contribution < -0.4 is 0 Å². The Morgan fingerprint density at radius 1 is 1.03 bits per heavy atom. The van der Waals surface area contributed by atoms with Crippen LogP contribution in [0.15, 0.2) is 72.8 Å². The number of aromatic amines is 1. The molecule has 0 radical (unpaired) electrons. The number of para-hydroxylation sites is 1. The van der Waals surface area contributed by atoms with Crippen molar-refractivity contribution in [1.29, 1.82) is 0 Å². The van der Waals surface area contributed by atoms with Crippen molar-refractivity contribution in [1.82, 2.24) is 9.88 Å². The lowest BCUT2D eigenvalue weighted by Crippen LogP contribution is -2.40. The summed E-state index contributed by atoms with van der Waals surface area (Å²) in [5.74, 6) is -0.601. The number of amides is 1. The van der Waals surface area contributed by atoms with Crippen molar-refractivity contribution in [3.63, 3.8) is 0 Å². The molecule has 1 aromatic heterocycles. The fourth-order valence-corrected chi connectivity index (χ4v) is 4.36. The van der Waals surface area contributed by atoms with Crippen LogP contribution in [0.2, 0.25) is 5.02 Å². The molecule has 29 heavy (non-hydrogen) atoms. The molecule has 1 atom stereocenters. The maximum atomic E-state index is 13.7. The van der Waals surface area contributed by atoms with Gasteiger partial charge < -0.3 is 9.88 Å². The van der Waals surface area contributed by atoms with Crippen LogP contribution in [-0.4, -0.2) is 22.3 Å². The number of halogens is 2. The van der Waals surface area contributed by atoms with Gasteiger partial charge in [-0.2, -0.15) is 0 Å². The number of nitrogens with zero attached hydrogens (tertiary/aromatic N) is 1. The third-order valence-electron chi connectivity index (χ3n) is 5.55. The van der Waals surface area contributed by atoms with Crippen molar-refractivity contribution in [2.75, 3.05) is 6.54 Å². The summed E-state index contributed by atoms with van der Waals surface area (Å²) in [5, 5.41) is 1.82. The standard InChI is InChI=1S/C24H18ClFN2O/c25-17-10-8-15(9-11-17)23-22-20(19-6-1-2-7-21(19)27-22)12-13-28(23)24(29)16-4-3-5-18(26)14-16/h1-11,14,23,27H,12-13H2/t23-/m1/s1. The molecular weight excluding hydrogens is 387 g/mol. The van der Waals surface area contributed by atoms with E-state index in [1.165, 1.54) is 23.1 Å². The molecule has 0 fully saturated rings. The molecule has 0 spiro atoms. The van der Waals surface area contributed by atoms with Crippen LogP contribution in [0.3, 0.4) is 0 Å². The molecule has 1 amide bonds. The molecule has 0 aliphatic carbocycles. The maximum absolute atomic E-state index is 13.7. The Kier molecular flexibility index (Phi) is 4.36. The summed E-state index contributed by atoms with van der Waals surface area (Å²) in [6.45, 7) is 0.553. The van der Waals surface area contributed by atoms with E-state index in [-0.39, 0.29) is 11.9 Å². The SMILES string of the molecule is O=C(c1cccc(F)c1)N1CCc2c([nH]c3ccccc23)[C@H]1c1ccc(Cl)cc1. The monoisotopic (exact) mass is 404 g/mol. The van der Waals surface area contributed by atoms with E-state index in [0.717, 1.165) is 23.2 Å². The summed E-state index contributed by atoms with van der Waals surface area (Å²) < 4.78 is 13.7. The fraction of sp³-hybridized carbons (Fsp3) is 0.125. The number of H-pyrrole nitrogens is 1. The van der Waals surface area contributed by atoms with E-state index >= 15 is 0 Å². The van der Waals surface area contributed by atoms with Crippen LogP contribution in [0.4, 0.5) is 4.39 Å². The summed E-state index contributed by atoms with van der Waals surface area (Å²) in [6, 6.07) is 21.3. The van der Waals surface area contributed by atoms with Gasteiger partial charge in [0.2, 0.25) is 0 Å². The van der Waals surface area contributed by atoms with Gasteiger partial charge in [-0.3, -0.25) is 4.79 Å². The van der Waals surface area contributed by atoms with E-state index in [0.29, 0.717) is 17.1 Å². The molecule has 1 aliphatic rings. The fourth-order valence-electron chi connectivity index (χ4n) is 4.24. The first-order chi connectivity index (χ1) is 14.1. The summed E-state index contributed by atoms with van der Waals surface area (Å²) in [6.07, 6.45) is 0.741. The number of fused-ring (bicyclic) bond motifs is 3. The van der Waals surface area contributed by atoms with Crippen LogP contribution in [0.1, 0.15) is 33.2 Å². The van der Waals surface area contributed by atoms with E-state index in [1.54, 1.807) is 12.1 Å². The summed E-state index contributed by atoms with van der Waals surface area (Å²) in [7, 11) is 0. The van der Waals surface area contributed by atoms with E-state index in [2.05, 4.69) is 11.1 Å². The normalized spacial score (nSPS) is 16.1. The Morgan fingerprint density at radius 3 is 2.62 bits per heavy atom. The van der Waals surface area contributed by atoms with Crippen LogP contribution in [0.25, 0.3) is 10.9 Å². The van der Waals surface area contributed by atoms with E-state index < -0.39 is 5.82 Å². The molecule has 5 heteroatoms. The average molecular weight is 405 g/mol. The molecule has 5 rings (SSSR count). The Labute approximate surface area is 172 Å². The van der Waals surface area contributed by atoms with Gasteiger partial charge in [0.15, 0.2) is 0 Å². The molecular formula is C24H18ClFN2O. The molecule has 144 valence electrons. The minimum absolute atomic E-state index is 0.186. The van der Waals surface area contributed by atoms with Gasteiger partial charge in [0, 0.05) is 33.7 Å². The lowest BCUT2D eigenvalue weighted by Gasteiger charge is -2.36. The minimum Gasteiger partial charge on any atom is -0.356 e. The summed E-state index contributed by atoms with van der Waals surface area (Å²) >= 11 is 6.10. The summed E-state index contributed by atoms with van der Waals surface area (Å²) in [5.41, 5.74) is 4.60. The molecule has 0 saturated heterocycles. The predicted octanol–water partition coefficient (Wildman–Crippen LogP) is 5.75. The molecule has 3 nitrogen and oxygen atoms in total. The van der Waals surface area contributed by atoms with Gasteiger partial charge in [0.05, 0.1) is 6.04 Å². The first-order valence-corrected chi connectivity index (χ1v) is 9.91. The lowest BCUT2D eigenvalue weighted by molar-refractivity contribution is 0.0691. The number of hydrogen-bond acceptors (Lipinski definition) is 1. The van der Waals surface area contributed by atoms with Crippen LogP contribution in [0.5, 0.6) is 0 Å². The molecule has 0 unspecified atom stereocenters. The Hall–Kier alpha value is -3.11. The average Bonchev–Trinajstić information content (AvgIpc) is 3.12. The molecule has 1 aliphatic heterocycles. The predicted molar refractivity (Wildman–Crippen MR) is 113 cm³/mol. The Morgan fingerprint density at radius 2 is 1.83 bits per heavy atom. The van der Waals surface area contributed by atoms with E-state index in [1.807, 2.05) is 47.4 Å². The van der Waals surface area contributed by atoms with Gasteiger partial charge in [0.25, 0.3) is 5.91 Å². The number of hydrogen-bond donors (Lipinski definition) is 1. The van der Waals surface area contributed by atoms with Crippen LogP contribution in [0, 0.1) is 5.82 Å². The Bertz CT molecular complexity index is 1220. The largest absolute Gasteiger partial charge is 0.356 e. The van der Waals surface area contributed by atoms with Gasteiger partial charge in [0.1, 0.15) is 5.82 Å². The first kappa shape index (κ1) is 18.0. The zero-order chi connectivity index (χ0) is 20.0. The van der Waals surface area contributed by atoms with Crippen molar-refractivity contribution in [3.05, 3.63) is 106 Å². The van der Waals surface area contributed by atoms with Crippen molar-refractivity contribution in [3.8, 4) is 0 Å². The highest BCUT2D eigenvalue weighted by Gasteiger charge is 2.35. The van der Waals surface area contributed by atoms with Crippen molar-refractivity contribution in [2.24, 2.45) is 0 Å². The third-order valence-corrected chi connectivity index (χ3v) is 5.80. The topological polar surface area (TPSA) is 36.1 Å². The smallest absolute Gasteiger partial charge is 0.254 e. The number of nitrogens with one attached hydrogen (secondary N) is 1. The third kappa shape index (κ3) is 3.10. The number of benzene rings is 3. The molecule has 3 aromatic carbocycles. The molecule has 4 aromatic rings. The molecule has 2 heterocycles. The second-order valence-electron chi connectivity index (χ2n) is 7.28. The highest BCUT2D eigenvalue weighted by molar-refractivity contribution is 6.30. The molecule has 0 saturated carbocycles. The number of rotatable bonds is 2. The van der Waals surface area contributed by atoms with Gasteiger partial charge in [-0.15, -0.1) is 0 Å². The zero-order valence-electron chi connectivity index (χ0n) is 15.5. The zero-order valence-corrected chi connectivity index (χ0v) is 16.3. The quantitative estimate of drug-likeness (QED) is 0.453. The maximum Gasteiger partial charge on any atom is 0.254 e. The van der Waals surface area contributed by atoms with E-state index in [9.17, 15) is 9.18 Å². The van der Waals surface area contributed by atoms with E-state index in [4.69, 9.17) is 11.6 Å². The van der Waals surface area contributed by atoms with Gasteiger partial charge >= 0.3 is 0 Å². The highest BCUT2D eigenvalue weighted by atomic mass is 35.5.